The number of hydrogen-bond acceptors (Lipinski definition) is 1. The van der Waals surface area contributed by atoms with Crippen LogP contribution in [0.1, 0.15) is 11.1 Å². The van der Waals surface area contributed by atoms with E-state index in [0.29, 0.717) is 22.9 Å². The maximum atomic E-state index is 13.7. The molecule has 2 rings (SSSR count). The van der Waals surface area contributed by atoms with Crippen LogP contribution in [0, 0.1) is 11.6 Å². The Kier molecular flexibility index (Phi) is 5.26. The van der Waals surface area contributed by atoms with Crippen LogP contribution in [0.5, 0.6) is 0 Å². The molecule has 106 valence electrons. The van der Waals surface area contributed by atoms with Crippen LogP contribution in [0.4, 0.5) is 8.78 Å². The number of benzene rings is 2. The Morgan fingerprint density at radius 1 is 1.05 bits per heavy atom. The quantitative estimate of drug-likeness (QED) is 0.864. The van der Waals surface area contributed by atoms with Crippen LogP contribution in [0.15, 0.2) is 46.9 Å². The summed E-state index contributed by atoms with van der Waals surface area (Å²) in [5, 5.41) is 3.18. The van der Waals surface area contributed by atoms with Crippen molar-refractivity contribution in [1.82, 2.24) is 5.32 Å². The lowest BCUT2D eigenvalue weighted by atomic mass is 9.99. The van der Waals surface area contributed by atoms with Crippen molar-refractivity contribution in [2.45, 2.75) is 18.9 Å². The van der Waals surface area contributed by atoms with Gasteiger partial charge in [0.1, 0.15) is 11.6 Å². The van der Waals surface area contributed by atoms with Gasteiger partial charge in [0.05, 0.1) is 4.47 Å². The number of likely N-dealkylation sites (N-methyl/N-ethyl adjacent to an activating group) is 1. The van der Waals surface area contributed by atoms with Gasteiger partial charge < -0.3 is 5.32 Å². The third-order valence-corrected chi connectivity index (χ3v) is 3.91. The highest BCUT2D eigenvalue weighted by Crippen LogP contribution is 2.19. The van der Waals surface area contributed by atoms with Crippen LogP contribution in [0.3, 0.4) is 0 Å². The summed E-state index contributed by atoms with van der Waals surface area (Å²) in [6, 6.07) is 11.8. The van der Waals surface area contributed by atoms with Gasteiger partial charge >= 0.3 is 0 Å². The summed E-state index contributed by atoms with van der Waals surface area (Å²) in [4.78, 5) is 0. The Morgan fingerprint density at radius 2 is 1.80 bits per heavy atom. The number of rotatable bonds is 5. The van der Waals surface area contributed by atoms with Crippen molar-refractivity contribution in [1.29, 1.82) is 0 Å². The lowest BCUT2D eigenvalue weighted by Gasteiger charge is -2.17. The smallest absolute Gasteiger partial charge is 0.137 e. The summed E-state index contributed by atoms with van der Waals surface area (Å²) in [5.74, 6) is -0.461. The van der Waals surface area contributed by atoms with Gasteiger partial charge in [-0.25, -0.2) is 8.78 Å². The van der Waals surface area contributed by atoms with E-state index < -0.39 is 0 Å². The predicted molar refractivity (Wildman–Crippen MR) is 80.8 cm³/mol. The molecule has 20 heavy (non-hydrogen) atoms. The van der Waals surface area contributed by atoms with Gasteiger partial charge in [-0.2, -0.15) is 0 Å². The highest BCUT2D eigenvalue weighted by Gasteiger charge is 2.12. The molecule has 0 amide bonds. The van der Waals surface area contributed by atoms with Gasteiger partial charge in [0.25, 0.3) is 0 Å². The molecule has 4 heteroatoms. The molecule has 0 saturated carbocycles. The molecule has 1 unspecified atom stereocenters. The zero-order chi connectivity index (χ0) is 14.5. The number of nitrogens with one attached hydrogen (secondary N) is 1. The lowest BCUT2D eigenvalue weighted by molar-refractivity contribution is 0.531. The minimum Gasteiger partial charge on any atom is -0.316 e. The van der Waals surface area contributed by atoms with Gasteiger partial charge in [0, 0.05) is 6.04 Å². The topological polar surface area (TPSA) is 12.0 Å². The van der Waals surface area contributed by atoms with Crippen molar-refractivity contribution >= 4 is 15.9 Å². The Hall–Kier alpha value is -1.26. The fourth-order valence-electron chi connectivity index (χ4n) is 2.16. The first kappa shape index (κ1) is 15.1. The summed E-state index contributed by atoms with van der Waals surface area (Å²) < 4.78 is 27.3. The Morgan fingerprint density at radius 3 is 2.45 bits per heavy atom. The first-order chi connectivity index (χ1) is 9.60. The second-order valence-corrected chi connectivity index (χ2v) is 5.59. The van der Waals surface area contributed by atoms with Gasteiger partial charge in [-0.1, -0.05) is 24.3 Å². The zero-order valence-electron chi connectivity index (χ0n) is 11.2. The molecule has 0 heterocycles. The molecule has 0 radical (unpaired) electrons. The van der Waals surface area contributed by atoms with Gasteiger partial charge in [0.15, 0.2) is 0 Å². The molecule has 0 bridgehead atoms. The third-order valence-electron chi connectivity index (χ3n) is 3.30. The van der Waals surface area contributed by atoms with E-state index >= 15 is 0 Å². The summed E-state index contributed by atoms with van der Waals surface area (Å²) >= 11 is 3.18. The molecule has 2 aromatic carbocycles. The molecule has 1 N–H and O–H groups in total. The van der Waals surface area contributed by atoms with E-state index in [4.69, 9.17) is 0 Å². The minimum atomic E-state index is -0.274. The van der Waals surface area contributed by atoms with E-state index in [9.17, 15) is 8.78 Å². The monoisotopic (exact) mass is 339 g/mol. The largest absolute Gasteiger partial charge is 0.316 e. The average molecular weight is 340 g/mol. The third kappa shape index (κ3) is 3.87. The van der Waals surface area contributed by atoms with Crippen LogP contribution in [-0.2, 0) is 12.8 Å². The molecule has 0 fully saturated rings. The van der Waals surface area contributed by atoms with E-state index in [1.54, 1.807) is 24.3 Å². The van der Waals surface area contributed by atoms with Crippen molar-refractivity contribution in [2.24, 2.45) is 0 Å². The molecule has 0 spiro atoms. The molecule has 0 aromatic heterocycles. The molecule has 0 aliphatic rings. The van der Waals surface area contributed by atoms with Crippen molar-refractivity contribution in [3.63, 3.8) is 0 Å². The van der Waals surface area contributed by atoms with Crippen LogP contribution in [-0.4, -0.2) is 13.1 Å². The van der Waals surface area contributed by atoms with Gasteiger partial charge in [-0.05, 0) is 65.1 Å². The van der Waals surface area contributed by atoms with Gasteiger partial charge in [-0.15, -0.1) is 0 Å². The zero-order valence-corrected chi connectivity index (χ0v) is 12.8. The van der Waals surface area contributed by atoms with Crippen LogP contribution in [0.25, 0.3) is 0 Å². The van der Waals surface area contributed by atoms with Crippen LogP contribution >= 0.6 is 15.9 Å². The summed E-state index contributed by atoms with van der Waals surface area (Å²) in [6.07, 6.45) is 1.31. The van der Waals surface area contributed by atoms with Crippen molar-refractivity contribution < 1.29 is 8.78 Å². The van der Waals surface area contributed by atoms with E-state index in [-0.39, 0.29) is 17.7 Å². The fourth-order valence-corrected chi connectivity index (χ4v) is 2.58. The first-order valence-electron chi connectivity index (χ1n) is 6.44. The van der Waals surface area contributed by atoms with E-state index in [2.05, 4.69) is 21.2 Å². The molecular formula is C16H16BrF2N. The Bertz CT molecular complexity index is 586. The van der Waals surface area contributed by atoms with Gasteiger partial charge in [0.2, 0.25) is 0 Å². The van der Waals surface area contributed by atoms with Crippen molar-refractivity contribution in [2.75, 3.05) is 7.05 Å². The average Bonchev–Trinajstić information content (AvgIpc) is 2.44. The van der Waals surface area contributed by atoms with E-state index in [1.807, 2.05) is 13.1 Å². The SMILES string of the molecule is CNC(Cc1ccc(F)c(Br)c1)Cc1ccccc1F. The van der Waals surface area contributed by atoms with E-state index in [0.717, 1.165) is 5.56 Å². The molecule has 1 atom stereocenters. The Labute approximate surface area is 126 Å². The summed E-state index contributed by atoms with van der Waals surface area (Å²) in [5.41, 5.74) is 1.70. The van der Waals surface area contributed by atoms with Crippen LogP contribution < -0.4 is 5.32 Å². The first-order valence-corrected chi connectivity index (χ1v) is 7.24. The number of halogens is 3. The summed E-state index contributed by atoms with van der Waals surface area (Å²) in [6.45, 7) is 0. The summed E-state index contributed by atoms with van der Waals surface area (Å²) in [7, 11) is 1.85. The Balaban J connectivity index is 2.09. The molecule has 1 nitrogen and oxygen atoms in total. The number of hydrogen-bond donors (Lipinski definition) is 1. The minimum absolute atomic E-state index is 0.101. The predicted octanol–water partition coefficient (Wildman–Crippen LogP) is 4.10. The maximum Gasteiger partial charge on any atom is 0.137 e. The highest BCUT2D eigenvalue weighted by molar-refractivity contribution is 9.10. The maximum absolute atomic E-state index is 13.7. The molecule has 0 saturated heterocycles. The lowest BCUT2D eigenvalue weighted by Crippen LogP contribution is -2.30. The standard InChI is InChI=1S/C16H16BrF2N/c1-20-13(10-12-4-2-3-5-15(12)18)8-11-6-7-16(19)14(17)9-11/h2-7,9,13,20H,8,10H2,1H3. The second kappa shape index (κ2) is 6.95. The van der Waals surface area contributed by atoms with Gasteiger partial charge in [-0.3, -0.25) is 0 Å². The molecular weight excluding hydrogens is 324 g/mol. The molecule has 0 aliphatic carbocycles. The molecule has 2 aromatic rings. The van der Waals surface area contributed by atoms with E-state index in [1.165, 1.54) is 12.1 Å². The van der Waals surface area contributed by atoms with Crippen molar-refractivity contribution in [3.05, 3.63) is 69.7 Å². The van der Waals surface area contributed by atoms with Crippen molar-refractivity contribution in [3.8, 4) is 0 Å². The fraction of sp³-hybridized carbons (Fsp3) is 0.250. The van der Waals surface area contributed by atoms with Crippen LogP contribution in [0.2, 0.25) is 0 Å². The second-order valence-electron chi connectivity index (χ2n) is 4.73. The normalized spacial score (nSPS) is 12.4. The highest BCUT2D eigenvalue weighted by atomic mass is 79.9. The molecule has 0 aliphatic heterocycles.